The summed E-state index contributed by atoms with van der Waals surface area (Å²) in [7, 11) is 3.41. The Morgan fingerprint density at radius 2 is 2.05 bits per heavy atom. The standard InChI is InChI=1S/C16H23ClN2O2/c1-16(2,7-8-20-3)11-19-14-9-12(21-4)5-6-13(14)18-15(19)10-17/h5-6,9H,7-8,10-11H2,1-4H3. The number of alkyl halides is 1. The molecular weight excluding hydrogens is 288 g/mol. The van der Waals surface area contributed by atoms with Crippen molar-refractivity contribution in [2.24, 2.45) is 5.41 Å². The number of rotatable bonds is 7. The Morgan fingerprint density at radius 1 is 1.29 bits per heavy atom. The normalized spacial score (nSPS) is 12.0. The average molecular weight is 311 g/mol. The zero-order valence-electron chi connectivity index (χ0n) is 13.1. The fraction of sp³-hybridized carbons (Fsp3) is 0.562. The lowest BCUT2D eigenvalue weighted by atomic mass is 9.89. The molecule has 2 aromatic rings. The molecule has 116 valence electrons. The SMILES string of the molecule is COCCC(C)(C)Cn1c(CCl)nc2ccc(OC)cc21. The lowest BCUT2D eigenvalue weighted by molar-refractivity contribution is 0.143. The summed E-state index contributed by atoms with van der Waals surface area (Å²) in [6.45, 7) is 6.06. The number of nitrogens with zero attached hydrogens (tertiary/aromatic N) is 2. The van der Waals surface area contributed by atoms with Crippen molar-refractivity contribution in [1.29, 1.82) is 0 Å². The first-order valence-corrected chi connectivity index (χ1v) is 7.62. The van der Waals surface area contributed by atoms with Crippen molar-refractivity contribution >= 4 is 22.6 Å². The molecule has 0 aliphatic heterocycles. The Morgan fingerprint density at radius 3 is 2.67 bits per heavy atom. The van der Waals surface area contributed by atoms with Gasteiger partial charge in [-0.15, -0.1) is 11.6 Å². The molecule has 0 aliphatic carbocycles. The van der Waals surface area contributed by atoms with E-state index in [1.165, 1.54) is 0 Å². The second kappa shape index (κ2) is 6.67. The van der Waals surface area contributed by atoms with Crippen LogP contribution in [0.4, 0.5) is 0 Å². The first kappa shape index (κ1) is 16.1. The monoisotopic (exact) mass is 310 g/mol. The van der Waals surface area contributed by atoms with Gasteiger partial charge in [0.1, 0.15) is 11.6 Å². The highest BCUT2D eigenvalue weighted by molar-refractivity contribution is 6.16. The molecule has 0 fully saturated rings. The number of hydrogen-bond acceptors (Lipinski definition) is 3. The Balaban J connectivity index is 2.40. The number of aromatic nitrogens is 2. The Hall–Kier alpha value is -1.26. The largest absolute Gasteiger partial charge is 0.497 e. The Bertz CT molecular complexity index is 608. The van der Waals surface area contributed by atoms with Crippen molar-refractivity contribution in [1.82, 2.24) is 9.55 Å². The molecule has 0 radical (unpaired) electrons. The molecule has 21 heavy (non-hydrogen) atoms. The minimum Gasteiger partial charge on any atom is -0.497 e. The van der Waals surface area contributed by atoms with Gasteiger partial charge in [-0.2, -0.15) is 0 Å². The van der Waals surface area contributed by atoms with Gasteiger partial charge in [0.2, 0.25) is 0 Å². The van der Waals surface area contributed by atoms with Crippen LogP contribution in [0.2, 0.25) is 0 Å². The molecule has 4 nitrogen and oxygen atoms in total. The molecule has 0 spiro atoms. The number of ether oxygens (including phenoxy) is 2. The van der Waals surface area contributed by atoms with Gasteiger partial charge in [-0.1, -0.05) is 13.8 Å². The van der Waals surface area contributed by atoms with Crippen LogP contribution >= 0.6 is 11.6 Å². The smallest absolute Gasteiger partial charge is 0.124 e. The minimum atomic E-state index is 0.105. The molecule has 0 N–H and O–H groups in total. The molecule has 0 saturated heterocycles. The number of methoxy groups -OCH3 is 2. The van der Waals surface area contributed by atoms with Crippen molar-refractivity contribution in [2.45, 2.75) is 32.7 Å². The molecule has 0 atom stereocenters. The lowest BCUT2D eigenvalue weighted by Gasteiger charge is -2.26. The number of benzene rings is 1. The van der Waals surface area contributed by atoms with Gasteiger partial charge in [-0.05, 0) is 24.0 Å². The van der Waals surface area contributed by atoms with Crippen LogP contribution in [-0.4, -0.2) is 30.4 Å². The van der Waals surface area contributed by atoms with E-state index in [9.17, 15) is 0 Å². The van der Waals surface area contributed by atoms with Crippen molar-refractivity contribution in [3.8, 4) is 5.75 Å². The zero-order valence-corrected chi connectivity index (χ0v) is 13.9. The summed E-state index contributed by atoms with van der Waals surface area (Å²) in [5.74, 6) is 2.13. The first-order chi connectivity index (χ1) is 10.0. The Kier molecular flexibility index (Phi) is 5.12. The highest BCUT2D eigenvalue weighted by Crippen LogP contribution is 2.29. The van der Waals surface area contributed by atoms with Crippen LogP contribution in [0.15, 0.2) is 18.2 Å². The summed E-state index contributed by atoms with van der Waals surface area (Å²) in [6.07, 6.45) is 0.981. The van der Waals surface area contributed by atoms with Crippen LogP contribution in [0, 0.1) is 5.41 Å². The highest BCUT2D eigenvalue weighted by atomic mass is 35.5. The van der Waals surface area contributed by atoms with E-state index in [4.69, 9.17) is 21.1 Å². The first-order valence-electron chi connectivity index (χ1n) is 7.09. The predicted octanol–water partition coefficient (Wildman–Crippen LogP) is 3.85. The van der Waals surface area contributed by atoms with Crippen LogP contribution in [-0.2, 0) is 17.2 Å². The summed E-state index contributed by atoms with van der Waals surface area (Å²) < 4.78 is 12.7. The zero-order chi connectivity index (χ0) is 15.5. The van der Waals surface area contributed by atoms with Gasteiger partial charge in [0.05, 0.1) is 24.0 Å². The summed E-state index contributed by atoms with van der Waals surface area (Å²) in [5, 5.41) is 0. The van der Waals surface area contributed by atoms with E-state index >= 15 is 0 Å². The van der Waals surface area contributed by atoms with E-state index in [1.807, 2.05) is 18.2 Å². The fourth-order valence-corrected chi connectivity index (χ4v) is 2.65. The fourth-order valence-electron chi connectivity index (χ4n) is 2.44. The van der Waals surface area contributed by atoms with Gasteiger partial charge in [-0.3, -0.25) is 0 Å². The quantitative estimate of drug-likeness (QED) is 0.729. The molecular formula is C16H23ClN2O2. The van der Waals surface area contributed by atoms with Crippen molar-refractivity contribution in [3.05, 3.63) is 24.0 Å². The summed E-state index contributed by atoms with van der Waals surface area (Å²) >= 11 is 6.07. The second-order valence-electron chi connectivity index (χ2n) is 6.01. The van der Waals surface area contributed by atoms with E-state index in [2.05, 4.69) is 23.4 Å². The van der Waals surface area contributed by atoms with Crippen LogP contribution in [0.5, 0.6) is 5.75 Å². The average Bonchev–Trinajstić information content (AvgIpc) is 2.81. The summed E-state index contributed by atoms with van der Waals surface area (Å²) in [6, 6.07) is 5.92. The molecule has 1 aromatic heterocycles. The number of imidazole rings is 1. The molecule has 1 aromatic carbocycles. The molecule has 0 bridgehead atoms. The van der Waals surface area contributed by atoms with Crippen LogP contribution in [0.1, 0.15) is 26.1 Å². The molecule has 0 unspecified atom stereocenters. The maximum atomic E-state index is 6.07. The van der Waals surface area contributed by atoms with Gasteiger partial charge in [0.15, 0.2) is 0 Å². The highest BCUT2D eigenvalue weighted by Gasteiger charge is 2.22. The van der Waals surface area contributed by atoms with E-state index < -0.39 is 0 Å². The molecule has 0 amide bonds. The summed E-state index contributed by atoms with van der Waals surface area (Å²) in [4.78, 5) is 4.62. The Labute approximate surface area is 131 Å². The molecule has 0 saturated carbocycles. The topological polar surface area (TPSA) is 36.3 Å². The van der Waals surface area contributed by atoms with Crippen LogP contribution < -0.4 is 4.74 Å². The molecule has 0 aliphatic rings. The molecule has 1 heterocycles. The molecule has 5 heteroatoms. The van der Waals surface area contributed by atoms with Gasteiger partial charge in [0.25, 0.3) is 0 Å². The van der Waals surface area contributed by atoms with E-state index in [0.717, 1.165) is 42.2 Å². The molecule has 2 rings (SSSR count). The maximum Gasteiger partial charge on any atom is 0.124 e. The summed E-state index contributed by atoms with van der Waals surface area (Å²) in [5.41, 5.74) is 2.12. The lowest BCUT2D eigenvalue weighted by Crippen LogP contribution is -2.22. The van der Waals surface area contributed by atoms with E-state index in [0.29, 0.717) is 5.88 Å². The third-order valence-corrected chi connectivity index (χ3v) is 3.96. The van der Waals surface area contributed by atoms with E-state index in [-0.39, 0.29) is 5.41 Å². The van der Waals surface area contributed by atoms with Crippen LogP contribution in [0.3, 0.4) is 0 Å². The number of hydrogen-bond donors (Lipinski definition) is 0. The van der Waals surface area contributed by atoms with Gasteiger partial charge >= 0.3 is 0 Å². The number of fused-ring (bicyclic) bond motifs is 1. The maximum absolute atomic E-state index is 6.07. The van der Waals surface area contributed by atoms with Gasteiger partial charge in [0, 0.05) is 26.3 Å². The van der Waals surface area contributed by atoms with Crippen molar-refractivity contribution in [3.63, 3.8) is 0 Å². The number of halogens is 1. The van der Waals surface area contributed by atoms with Crippen molar-refractivity contribution in [2.75, 3.05) is 20.8 Å². The minimum absolute atomic E-state index is 0.105. The second-order valence-corrected chi connectivity index (χ2v) is 6.28. The third kappa shape index (κ3) is 3.69. The van der Waals surface area contributed by atoms with Crippen LogP contribution in [0.25, 0.3) is 11.0 Å². The third-order valence-electron chi connectivity index (χ3n) is 3.72. The van der Waals surface area contributed by atoms with Crippen molar-refractivity contribution < 1.29 is 9.47 Å². The van der Waals surface area contributed by atoms with E-state index in [1.54, 1.807) is 14.2 Å². The van der Waals surface area contributed by atoms with Gasteiger partial charge < -0.3 is 14.0 Å². The van der Waals surface area contributed by atoms with Gasteiger partial charge in [-0.25, -0.2) is 4.98 Å². The predicted molar refractivity (Wildman–Crippen MR) is 86.1 cm³/mol.